The molecule has 2 bridgehead atoms. The number of rotatable bonds is 3. The molecule has 3 aromatic rings. The molecule has 7 rings (SSSR count). The summed E-state index contributed by atoms with van der Waals surface area (Å²) in [6, 6.07) is 11.8. The molecule has 2 aliphatic carbocycles. The van der Waals surface area contributed by atoms with Crippen molar-refractivity contribution in [1.82, 2.24) is 4.98 Å². The molecule has 3 fully saturated rings. The Morgan fingerprint density at radius 3 is 2.31 bits per heavy atom. The number of anilines is 1. The first kappa shape index (κ1) is 21.9. The molecule has 11 heteroatoms. The van der Waals surface area contributed by atoms with Gasteiger partial charge in [-0.25, -0.2) is 4.39 Å². The fraction of sp³-hybridized carbons (Fsp3) is 0.320. The number of aromatic amines is 1. The molecule has 2 aromatic carbocycles. The number of hydrogen-bond acceptors (Lipinski definition) is 7. The number of thioether (sulfide) groups is 1. The van der Waals surface area contributed by atoms with Gasteiger partial charge in [-0.1, -0.05) is 23.5 Å². The van der Waals surface area contributed by atoms with Gasteiger partial charge in [-0.15, -0.1) is 11.8 Å². The summed E-state index contributed by atoms with van der Waals surface area (Å²) >= 11 is 2.75. The van der Waals surface area contributed by atoms with Crippen molar-refractivity contribution in [2.45, 2.75) is 22.6 Å². The third kappa shape index (κ3) is 2.89. The van der Waals surface area contributed by atoms with E-state index >= 15 is 0 Å². The Labute approximate surface area is 211 Å². The molecule has 2 amide bonds. The van der Waals surface area contributed by atoms with Crippen molar-refractivity contribution < 1.29 is 18.9 Å². The molecule has 2 saturated carbocycles. The number of thiazole rings is 1. The van der Waals surface area contributed by atoms with Crippen LogP contribution in [0.2, 0.25) is 0 Å². The zero-order valence-corrected chi connectivity index (χ0v) is 20.1. The molecule has 3 heterocycles. The van der Waals surface area contributed by atoms with E-state index in [1.165, 1.54) is 41.3 Å². The maximum atomic E-state index is 13.7. The van der Waals surface area contributed by atoms with Crippen molar-refractivity contribution in [3.05, 3.63) is 84.6 Å². The second kappa shape index (κ2) is 7.59. The Balaban J connectivity index is 1.29. The second-order valence-corrected chi connectivity index (χ2v) is 12.0. The van der Waals surface area contributed by atoms with Crippen LogP contribution in [0.3, 0.4) is 0 Å². The van der Waals surface area contributed by atoms with Crippen LogP contribution in [0.4, 0.5) is 15.8 Å². The number of carbonyl (C=O) groups excluding carboxylic acids is 2. The van der Waals surface area contributed by atoms with Crippen molar-refractivity contribution in [2.24, 2.45) is 29.6 Å². The molecule has 1 N–H and O–H groups in total. The molecule has 7 atom stereocenters. The fourth-order valence-corrected chi connectivity index (χ4v) is 9.93. The Morgan fingerprint density at radius 2 is 1.64 bits per heavy atom. The number of H-pyrrole nitrogens is 1. The smallest absolute Gasteiger partial charge is 0.305 e. The number of non-ortho nitro benzene ring substituents is 1. The Morgan fingerprint density at radius 1 is 0.972 bits per heavy atom. The van der Waals surface area contributed by atoms with Gasteiger partial charge in [0.2, 0.25) is 11.8 Å². The van der Waals surface area contributed by atoms with Crippen LogP contribution in [0, 0.1) is 45.5 Å². The molecule has 36 heavy (non-hydrogen) atoms. The first-order valence-electron chi connectivity index (χ1n) is 11.6. The van der Waals surface area contributed by atoms with Gasteiger partial charge < -0.3 is 4.98 Å². The summed E-state index contributed by atoms with van der Waals surface area (Å²) in [7, 11) is 0. The quantitative estimate of drug-likeness (QED) is 0.313. The van der Waals surface area contributed by atoms with Crippen LogP contribution >= 0.6 is 23.1 Å². The Kier molecular flexibility index (Phi) is 4.63. The molecular formula is C25H18FN3O5S2. The molecule has 8 nitrogen and oxygen atoms in total. The number of fused-ring (bicyclic) bond motifs is 9. The van der Waals surface area contributed by atoms with Gasteiger partial charge in [0.05, 0.1) is 27.5 Å². The number of nitrogens with one attached hydrogen (secondary N) is 1. The molecule has 182 valence electrons. The summed E-state index contributed by atoms with van der Waals surface area (Å²) in [4.78, 5) is 55.0. The maximum absolute atomic E-state index is 13.7. The number of aromatic nitrogens is 1. The maximum Gasteiger partial charge on any atom is 0.305 e. The minimum absolute atomic E-state index is 0.0271. The highest BCUT2D eigenvalue weighted by Crippen LogP contribution is 2.68. The van der Waals surface area contributed by atoms with Gasteiger partial charge in [-0.05, 0) is 54.0 Å². The molecule has 4 aliphatic rings. The Hall–Kier alpha value is -3.31. The van der Waals surface area contributed by atoms with E-state index < -0.39 is 16.8 Å². The lowest BCUT2D eigenvalue weighted by Gasteiger charge is -2.43. The summed E-state index contributed by atoms with van der Waals surface area (Å²) in [6.07, 6.45) is 0.750. The van der Waals surface area contributed by atoms with Gasteiger partial charge in [0, 0.05) is 28.2 Å². The van der Waals surface area contributed by atoms with Crippen molar-refractivity contribution in [3.8, 4) is 0 Å². The zero-order valence-electron chi connectivity index (χ0n) is 18.5. The zero-order chi connectivity index (χ0) is 24.9. The van der Waals surface area contributed by atoms with Crippen molar-refractivity contribution in [2.75, 3.05) is 4.90 Å². The van der Waals surface area contributed by atoms with Gasteiger partial charge in [-0.2, -0.15) is 0 Å². The third-order valence-electron chi connectivity index (χ3n) is 8.27. The van der Waals surface area contributed by atoms with E-state index in [-0.39, 0.29) is 57.1 Å². The summed E-state index contributed by atoms with van der Waals surface area (Å²) < 4.78 is 13.7. The van der Waals surface area contributed by atoms with E-state index in [0.29, 0.717) is 5.69 Å². The minimum Gasteiger partial charge on any atom is -0.307 e. The molecule has 5 unspecified atom stereocenters. The third-order valence-corrected chi connectivity index (χ3v) is 10.9. The average molecular weight is 524 g/mol. The van der Waals surface area contributed by atoms with Gasteiger partial charge >= 0.3 is 4.87 Å². The molecule has 1 aromatic heterocycles. The second-order valence-electron chi connectivity index (χ2n) is 9.80. The van der Waals surface area contributed by atoms with Crippen LogP contribution in [-0.2, 0) is 9.59 Å². The highest BCUT2D eigenvalue weighted by molar-refractivity contribution is 8.00. The van der Waals surface area contributed by atoms with Crippen molar-refractivity contribution in [3.63, 3.8) is 0 Å². The van der Waals surface area contributed by atoms with E-state index in [2.05, 4.69) is 4.98 Å². The molecule has 1 saturated heterocycles. The van der Waals surface area contributed by atoms with Gasteiger partial charge in [0.1, 0.15) is 5.82 Å². The number of imide groups is 1. The normalized spacial score (nSPS) is 31.9. The lowest BCUT2D eigenvalue weighted by atomic mass is 9.68. The first-order valence-corrected chi connectivity index (χ1v) is 13.3. The average Bonchev–Trinajstić information content (AvgIpc) is 3.58. The van der Waals surface area contributed by atoms with Crippen LogP contribution in [0.15, 0.2) is 58.4 Å². The standard InChI is InChI=1S/C25H18FN3O5S2/c26-11-3-1-10(2-4-11)16-17-14-9-15(20(17)35-22-21(16)36-25(32)27-22)19-18(14)23(30)28(24(19)31)12-5-7-13(8-6-12)29(33)34/h1-8,14-20H,9H2,(H,27,32)/t14-,15-,16?,17?,18?,19?,20?/m1/s1. The summed E-state index contributed by atoms with van der Waals surface area (Å²) in [5, 5.41) is 11.9. The van der Waals surface area contributed by atoms with E-state index in [1.54, 1.807) is 23.9 Å². The predicted molar refractivity (Wildman–Crippen MR) is 130 cm³/mol. The Bertz CT molecular complexity index is 1500. The van der Waals surface area contributed by atoms with Crippen LogP contribution in [0.25, 0.3) is 0 Å². The molecule has 0 spiro atoms. The lowest BCUT2D eigenvalue weighted by molar-refractivity contribution is -0.384. The molecular weight excluding hydrogens is 505 g/mol. The minimum atomic E-state index is -0.521. The first-order chi connectivity index (χ1) is 17.3. The fourth-order valence-electron chi connectivity index (χ4n) is 7.04. The van der Waals surface area contributed by atoms with Crippen molar-refractivity contribution >= 4 is 46.3 Å². The number of nitro benzene ring substituents is 1. The number of nitrogens with zero attached hydrogens (tertiary/aromatic N) is 2. The largest absolute Gasteiger partial charge is 0.307 e. The SMILES string of the molecule is O=C1C2C(C(=O)N1c1ccc([N+](=O)[O-])cc1)[C@@H]1C[C@H]2C2Sc3[nH]c(=O)sc3C(c3ccc(F)cc3)C21. The van der Waals surface area contributed by atoms with E-state index in [1.807, 2.05) is 0 Å². The van der Waals surface area contributed by atoms with Crippen LogP contribution in [-0.4, -0.2) is 27.0 Å². The summed E-state index contributed by atoms with van der Waals surface area (Å²) in [5.41, 5.74) is 1.14. The number of hydrogen-bond donors (Lipinski definition) is 1. The number of amides is 2. The van der Waals surface area contributed by atoms with E-state index in [0.717, 1.165) is 33.2 Å². The highest BCUT2D eigenvalue weighted by Gasteiger charge is 2.69. The number of nitro groups is 1. The van der Waals surface area contributed by atoms with E-state index in [4.69, 9.17) is 0 Å². The monoisotopic (exact) mass is 523 g/mol. The predicted octanol–water partition coefficient (Wildman–Crippen LogP) is 4.16. The number of benzene rings is 2. The lowest BCUT2D eigenvalue weighted by Crippen LogP contribution is -2.42. The van der Waals surface area contributed by atoms with Gasteiger partial charge in [0.15, 0.2) is 0 Å². The highest BCUT2D eigenvalue weighted by atomic mass is 32.2. The van der Waals surface area contributed by atoms with Crippen LogP contribution < -0.4 is 9.77 Å². The van der Waals surface area contributed by atoms with Crippen LogP contribution in [0.5, 0.6) is 0 Å². The number of carbonyl (C=O) groups is 2. The summed E-state index contributed by atoms with van der Waals surface area (Å²) in [5.74, 6) is -2.01. The topological polar surface area (TPSA) is 113 Å². The molecule has 0 radical (unpaired) electrons. The number of halogens is 1. The summed E-state index contributed by atoms with van der Waals surface area (Å²) in [6.45, 7) is 0. The van der Waals surface area contributed by atoms with E-state index in [9.17, 15) is 28.9 Å². The molecule has 2 aliphatic heterocycles. The van der Waals surface area contributed by atoms with Crippen molar-refractivity contribution in [1.29, 1.82) is 0 Å². The van der Waals surface area contributed by atoms with Gasteiger partial charge in [0.25, 0.3) is 5.69 Å². The van der Waals surface area contributed by atoms with Crippen LogP contribution in [0.1, 0.15) is 22.8 Å². The van der Waals surface area contributed by atoms with Gasteiger partial charge in [-0.3, -0.25) is 29.4 Å².